The second-order valence-electron chi connectivity index (χ2n) is 6.45. The SMILES string of the molecule is CCNC(=NCc1cc(Cl)c2c(c1)OCCO2)NC1CCC(O)CC1.I. The Morgan fingerprint density at radius 3 is 2.69 bits per heavy atom. The molecule has 1 aliphatic carbocycles. The topological polar surface area (TPSA) is 75.1 Å². The molecule has 0 unspecified atom stereocenters. The quantitative estimate of drug-likeness (QED) is 0.340. The number of halogens is 2. The summed E-state index contributed by atoms with van der Waals surface area (Å²) >= 11 is 6.28. The molecular formula is C18H27ClIN3O3. The fraction of sp³-hybridized carbons (Fsp3) is 0.611. The van der Waals surface area contributed by atoms with Gasteiger partial charge in [0, 0.05) is 12.6 Å². The van der Waals surface area contributed by atoms with Gasteiger partial charge in [0.05, 0.1) is 17.7 Å². The maximum Gasteiger partial charge on any atom is 0.191 e. The average Bonchev–Trinajstić information content (AvgIpc) is 2.62. The van der Waals surface area contributed by atoms with E-state index >= 15 is 0 Å². The van der Waals surface area contributed by atoms with Gasteiger partial charge in [-0.1, -0.05) is 11.6 Å². The summed E-state index contributed by atoms with van der Waals surface area (Å²) in [6, 6.07) is 4.16. The Balaban J connectivity index is 0.00000243. The van der Waals surface area contributed by atoms with Crippen LogP contribution in [0.25, 0.3) is 0 Å². The number of aliphatic hydroxyl groups excluding tert-OH is 1. The second kappa shape index (κ2) is 10.4. The van der Waals surface area contributed by atoms with Crippen LogP contribution in [0.4, 0.5) is 0 Å². The van der Waals surface area contributed by atoms with Gasteiger partial charge in [-0.2, -0.15) is 0 Å². The van der Waals surface area contributed by atoms with Crippen molar-refractivity contribution in [1.82, 2.24) is 10.6 Å². The zero-order chi connectivity index (χ0) is 17.6. The van der Waals surface area contributed by atoms with Crippen LogP contribution in [0, 0.1) is 0 Å². The fourth-order valence-electron chi connectivity index (χ4n) is 3.16. The van der Waals surface area contributed by atoms with Crippen LogP contribution in [0.1, 0.15) is 38.2 Å². The first-order valence-electron chi connectivity index (χ1n) is 8.96. The molecular weight excluding hydrogens is 469 g/mol. The van der Waals surface area contributed by atoms with E-state index in [9.17, 15) is 5.11 Å². The molecule has 0 spiro atoms. The van der Waals surface area contributed by atoms with Gasteiger partial charge in [0.1, 0.15) is 13.2 Å². The molecule has 0 bridgehead atoms. The molecule has 6 nitrogen and oxygen atoms in total. The molecule has 1 aromatic rings. The summed E-state index contributed by atoms with van der Waals surface area (Å²) in [6.45, 7) is 4.40. The minimum Gasteiger partial charge on any atom is -0.486 e. The molecule has 1 heterocycles. The summed E-state index contributed by atoms with van der Waals surface area (Å²) in [4.78, 5) is 4.66. The number of aliphatic hydroxyl groups is 1. The lowest BCUT2D eigenvalue weighted by Gasteiger charge is -2.27. The number of nitrogens with one attached hydrogen (secondary N) is 2. The molecule has 0 amide bonds. The third-order valence-electron chi connectivity index (χ3n) is 4.46. The van der Waals surface area contributed by atoms with Crippen molar-refractivity contribution in [2.45, 2.75) is 51.3 Å². The second-order valence-corrected chi connectivity index (χ2v) is 6.85. The highest BCUT2D eigenvalue weighted by Gasteiger charge is 2.20. The van der Waals surface area contributed by atoms with Crippen LogP contribution in [0.3, 0.4) is 0 Å². The third-order valence-corrected chi connectivity index (χ3v) is 4.74. The molecule has 1 saturated carbocycles. The largest absolute Gasteiger partial charge is 0.486 e. The van der Waals surface area contributed by atoms with Gasteiger partial charge in [0.25, 0.3) is 0 Å². The summed E-state index contributed by atoms with van der Waals surface area (Å²) in [5.74, 6) is 2.09. The number of benzene rings is 1. The highest BCUT2D eigenvalue weighted by atomic mass is 127. The summed E-state index contributed by atoms with van der Waals surface area (Å²) in [7, 11) is 0. The standard InChI is InChI=1S/C18H26ClN3O3.HI/c1-2-20-18(22-13-3-5-14(23)6-4-13)21-11-12-9-15(19)17-16(10-12)24-7-8-25-17;/h9-10,13-14,23H,2-8,11H2,1H3,(H2,20,21,22);1H. The van der Waals surface area contributed by atoms with Crippen molar-refractivity contribution in [3.05, 3.63) is 22.7 Å². The van der Waals surface area contributed by atoms with Crippen LogP contribution < -0.4 is 20.1 Å². The van der Waals surface area contributed by atoms with Gasteiger partial charge in [-0.15, -0.1) is 24.0 Å². The van der Waals surface area contributed by atoms with Gasteiger partial charge < -0.3 is 25.2 Å². The van der Waals surface area contributed by atoms with Crippen LogP contribution in [0.2, 0.25) is 5.02 Å². The van der Waals surface area contributed by atoms with Gasteiger partial charge in [-0.05, 0) is 50.3 Å². The molecule has 26 heavy (non-hydrogen) atoms. The summed E-state index contributed by atoms with van der Waals surface area (Å²) in [5.41, 5.74) is 0.977. The predicted octanol–water partition coefficient (Wildman–Crippen LogP) is 3.09. The first-order valence-corrected chi connectivity index (χ1v) is 9.34. The lowest BCUT2D eigenvalue weighted by molar-refractivity contribution is 0.120. The van der Waals surface area contributed by atoms with Crippen LogP contribution in [0.15, 0.2) is 17.1 Å². The Bertz CT molecular complexity index is 622. The van der Waals surface area contributed by atoms with Gasteiger partial charge >= 0.3 is 0 Å². The van der Waals surface area contributed by atoms with Crippen molar-refractivity contribution in [1.29, 1.82) is 0 Å². The van der Waals surface area contributed by atoms with E-state index in [1.54, 1.807) is 0 Å². The summed E-state index contributed by atoms with van der Waals surface area (Å²) in [6.07, 6.45) is 3.45. The summed E-state index contributed by atoms with van der Waals surface area (Å²) < 4.78 is 11.2. The number of rotatable bonds is 4. The minimum atomic E-state index is -0.155. The number of guanidine groups is 1. The average molecular weight is 496 g/mol. The number of aliphatic imine (C=N–C) groups is 1. The van der Waals surface area contributed by atoms with Crippen molar-refractivity contribution >= 4 is 41.5 Å². The lowest BCUT2D eigenvalue weighted by Crippen LogP contribution is -2.45. The van der Waals surface area contributed by atoms with E-state index in [1.165, 1.54) is 0 Å². The fourth-order valence-corrected chi connectivity index (χ4v) is 3.45. The number of hydrogen-bond donors (Lipinski definition) is 3. The Morgan fingerprint density at radius 1 is 1.23 bits per heavy atom. The van der Waals surface area contributed by atoms with E-state index in [0.29, 0.717) is 42.3 Å². The highest BCUT2D eigenvalue weighted by Crippen LogP contribution is 2.38. The van der Waals surface area contributed by atoms with Crippen molar-refractivity contribution < 1.29 is 14.6 Å². The van der Waals surface area contributed by atoms with Gasteiger partial charge in [-0.25, -0.2) is 4.99 Å². The van der Waals surface area contributed by atoms with Gasteiger partial charge in [0.2, 0.25) is 0 Å². The van der Waals surface area contributed by atoms with Crippen molar-refractivity contribution in [2.75, 3.05) is 19.8 Å². The monoisotopic (exact) mass is 495 g/mol. The maximum atomic E-state index is 9.63. The minimum absolute atomic E-state index is 0. The number of nitrogens with zero attached hydrogens (tertiary/aromatic N) is 1. The first-order chi connectivity index (χ1) is 12.2. The van der Waals surface area contributed by atoms with Crippen molar-refractivity contribution in [3.63, 3.8) is 0 Å². The van der Waals surface area contributed by atoms with Crippen molar-refractivity contribution in [3.8, 4) is 11.5 Å². The molecule has 1 fully saturated rings. The summed E-state index contributed by atoms with van der Waals surface area (Å²) in [5, 5.41) is 16.9. The number of ether oxygens (including phenoxy) is 2. The smallest absolute Gasteiger partial charge is 0.191 e. The Labute approximate surface area is 176 Å². The van der Waals surface area contributed by atoms with E-state index < -0.39 is 0 Å². The number of hydrogen-bond acceptors (Lipinski definition) is 4. The van der Waals surface area contributed by atoms with Gasteiger partial charge in [-0.3, -0.25) is 0 Å². The normalized spacial score (nSPS) is 22.3. The maximum absolute atomic E-state index is 9.63. The van der Waals surface area contributed by atoms with E-state index in [-0.39, 0.29) is 30.1 Å². The van der Waals surface area contributed by atoms with Crippen molar-refractivity contribution in [2.24, 2.45) is 4.99 Å². The molecule has 3 N–H and O–H groups in total. The van der Waals surface area contributed by atoms with Crippen LogP contribution in [-0.2, 0) is 6.54 Å². The molecule has 1 aromatic carbocycles. The number of fused-ring (bicyclic) bond motifs is 1. The van der Waals surface area contributed by atoms with Crippen LogP contribution in [0.5, 0.6) is 11.5 Å². The molecule has 8 heteroatoms. The zero-order valence-electron chi connectivity index (χ0n) is 15.0. The Hall–Kier alpha value is -0.930. The molecule has 1 aliphatic heterocycles. The Morgan fingerprint density at radius 2 is 1.96 bits per heavy atom. The highest BCUT2D eigenvalue weighted by molar-refractivity contribution is 14.0. The van der Waals surface area contributed by atoms with Crippen LogP contribution >= 0.6 is 35.6 Å². The molecule has 0 radical (unpaired) electrons. The first kappa shape index (κ1) is 21.4. The molecule has 0 saturated heterocycles. The van der Waals surface area contributed by atoms with E-state index in [4.69, 9.17) is 21.1 Å². The molecule has 3 rings (SSSR count). The molecule has 0 aromatic heterocycles. The van der Waals surface area contributed by atoms with E-state index in [2.05, 4.69) is 15.6 Å². The van der Waals surface area contributed by atoms with E-state index in [0.717, 1.165) is 43.8 Å². The molecule has 146 valence electrons. The van der Waals surface area contributed by atoms with Crippen LogP contribution in [-0.4, -0.2) is 43.0 Å². The molecule has 2 aliphatic rings. The van der Waals surface area contributed by atoms with Gasteiger partial charge in [0.15, 0.2) is 17.5 Å². The Kier molecular flexibility index (Phi) is 8.56. The third kappa shape index (κ3) is 5.79. The zero-order valence-corrected chi connectivity index (χ0v) is 18.0. The van der Waals surface area contributed by atoms with E-state index in [1.807, 2.05) is 19.1 Å². The lowest BCUT2D eigenvalue weighted by atomic mass is 9.93. The molecule has 0 atom stereocenters. The predicted molar refractivity (Wildman–Crippen MR) is 114 cm³/mol.